The van der Waals surface area contributed by atoms with E-state index >= 15 is 0 Å². The smallest absolute Gasteiger partial charge is 0.0577 e. The molecule has 0 aromatic heterocycles. The number of halogens is 1. The Hall–Kier alpha value is -1.12. The van der Waals surface area contributed by atoms with Crippen LogP contribution in [0.15, 0.2) is 53.0 Å². The topological polar surface area (TPSA) is 12.0 Å². The molecule has 0 fully saturated rings. The van der Waals surface area contributed by atoms with E-state index in [1.54, 1.807) is 0 Å². The minimum atomic E-state index is 0.249. The summed E-state index contributed by atoms with van der Waals surface area (Å²) in [6, 6.07) is 17.7. The van der Waals surface area contributed by atoms with Gasteiger partial charge in [-0.3, -0.25) is 0 Å². The molecule has 0 amide bonds. The molecule has 2 aromatic carbocycles. The zero-order valence-corrected chi connectivity index (χ0v) is 13.9. The lowest BCUT2D eigenvalue weighted by atomic mass is 9.95. The Labute approximate surface area is 130 Å². The third kappa shape index (κ3) is 3.71. The zero-order valence-electron chi connectivity index (χ0n) is 12.4. The van der Waals surface area contributed by atoms with Gasteiger partial charge in [0.1, 0.15) is 0 Å². The lowest BCUT2D eigenvalue weighted by Gasteiger charge is -2.20. The van der Waals surface area contributed by atoms with Crippen molar-refractivity contribution in [1.82, 2.24) is 5.32 Å². The van der Waals surface area contributed by atoms with Crippen molar-refractivity contribution in [2.45, 2.75) is 32.7 Å². The van der Waals surface area contributed by atoms with Crippen molar-refractivity contribution in [3.63, 3.8) is 0 Å². The number of hydrogen-bond acceptors (Lipinski definition) is 1. The summed E-state index contributed by atoms with van der Waals surface area (Å²) in [5.41, 5.74) is 3.99. The molecule has 20 heavy (non-hydrogen) atoms. The molecule has 0 saturated carbocycles. The minimum Gasteiger partial charge on any atom is -0.307 e. The van der Waals surface area contributed by atoms with Crippen molar-refractivity contribution >= 4 is 15.9 Å². The monoisotopic (exact) mass is 331 g/mol. The average molecular weight is 332 g/mol. The van der Waals surface area contributed by atoms with Crippen molar-refractivity contribution in [2.24, 2.45) is 0 Å². The fraction of sp³-hybridized carbons (Fsp3) is 0.333. The van der Waals surface area contributed by atoms with Gasteiger partial charge in [0.25, 0.3) is 0 Å². The van der Waals surface area contributed by atoms with Gasteiger partial charge in [0.05, 0.1) is 6.04 Å². The average Bonchev–Trinajstić information content (AvgIpc) is 2.45. The van der Waals surface area contributed by atoms with E-state index in [1.807, 2.05) is 0 Å². The summed E-state index contributed by atoms with van der Waals surface area (Å²) in [6.45, 7) is 7.55. The number of nitrogens with one attached hydrogen (secondary N) is 1. The first kappa shape index (κ1) is 15.3. The van der Waals surface area contributed by atoms with Crippen LogP contribution in [0.1, 0.15) is 49.4 Å². The number of hydrogen-bond donors (Lipinski definition) is 1. The molecule has 0 spiro atoms. The van der Waals surface area contributed by atoms with E-state index in [-0.39, 0.29) is 6.04 Å². The molecule has 106 valence electrons. The van der Waals surface area contributed by atoms with Crippen LogP contribution in [0.4, 0.5) is 0 Å². The van der Waals surface area contributed by atoms with Gasteiger partial charge >= 0.3 is 0 Å². The maximum absolute atomic E-state index is 3.57. The summed E-state index contributed by atoms with van der Waals surface area (Å²) in [4.78, 5) is 0. The van der Waals surface area contributed by atoms with Crippen LogP contribution in [0.25, 0.3) is 0 Å². The van der Waals surface area contributed by atoms with E-state index in [4.69, 9.17) is 0 Å². The van der Waals surface area contributed by atoms with E-state index in [9.17, 15) is 0 Å². The molecular weight excluding hydrogens is 310 g/mol. The molecule has 0 heterocycles. The molecule has 1 unspecified atom stereocenters. The largest absolute Gasteiger partial charge is 0.307 e. The molecular formula is C18H22BrN. The standard InChI is InChI=1S/C18H22BrN/c1-4-20-18(16-6-5-7-17(19)12-16)15-10-8-14(9-11-15)13(2)3/h5-13,18,20H,4H2,1-3H3. The highest BCUT2D eigenvalue weighted by atomic mass is 79.9. The molecule has 1 N–H and O–H groups in total. The van der Waals surface area contributed by atoms with Crippen molar-refractivity contribution in [3.05, 3.63) is 69.7 Å². The second kappa shape index (κ2) is 7.05. The third-order valence-electron chi connectivity index (χ3n) is 3.53. The fourth-order valence-electron chi connectivity index (χ4n) is 2.39. The molecule has 0 saturated heterocycles. The summed E-state index contributed by atoms with van der Waals surface area (Å²) >= 11 is 3.56. The van der Waals surface area contributed by atoms with Gasteiger partial charge in [-0.1, -0.05) is 73.1 Å². The van der Waals surface area contributed by atoms with Crippen LogP contribution >= 0.6 is 15.9 Å². The first-order valence-corrected chi connectivity index (χ1v) is 7.99. The second-order valence-corrected chi connectivity index (χ2v) is 6.28. The van der Waals surface area contributed by atoms with E-state index in [2.05, 4.69) is 90.5 Å². The Morgan fingerprint density at radius 3 is 2.15 bits per heavy atom. The van der Waals surface area contributed by atoms with E-state index < -0.39 is 0 Å². The predicted molar refractivity (Wildman–Crippen MR) is 90.2 cm³/mol. The number of benzene rings is 2. The predicted octanol–water partition coefficient (Wildman–Crippen LogP) is 5.27. The summed E-state index contributed by atoms with van der Waals surface area (Å²) in [7, 11) is 0. The highest BCUT2D eigenvalue weighted by molar-refractivity contribution is 9.10. The van der Waals surface area contributed by atoms with Crippen LogP contribution in [0.3, 0.4) is 0 Å². The lowest BCUT2D eigenvalue weighted by molar-refractivity contribution is 0.630. The highest BCUT2D eigenvalue weighted by Gasteiger charge is 2.13. The Kier molecular flexibility index (Phi) is 5.38. The van der Waals surface area contributed by atoms with Crippen LogP contribution in [-0.2, 0) is 0 Å². The molecule has 0 radical (unpaired) electrons. The molecule has 1 atom stereocenters. The maximum atomic E-state index is 3.57. The lowest BCUT2D eigenvalue weighted by Crippen LogP contribution is -2.22. The van der Waals surface area contributed by atoms with Crippen molar-refractivity contribution in [1.29, 1.82) is 0 Å². The molecule has 2 heteroatoms. The van der Waals surface area contributed by atoms with Gasteiger partial charge in [0.15, 0.2) is 0 Å². The third-order valence-corrected chi connectivity index (χ3v) is 4.02. The first-order valence-electron chi connectivity index (χ1n) is 7.20. The summed E-state index contributed by atoms with van der Waals surface area (Å²) in [5.74, 6) is 0.576. The minimum absolute atomic E-state index is 0.249. The maximum Gasteiger partial charge on any atom is 0.0577 e. The molecule has 2 rings (SSSR count). The normalized spacial score (nSPS) is 12.7. The van der Waals surface area contributed by atoms with Crippen LogP contribution in [0.2, 0.25) is 0 Å². The zero-order chi connectivity index (χ0) is 14.5. The van der Waals surface area contributed by atoms with E-state index in [0.29, 0.717) is 5.92 Å². The Bertz CT molecular complexity index is 546. The summed E-state index contributed by atoms with van der Waals surface area (Å²) in [5, 5.41) is 3.57. The van der Waals surface area contributed by atoms with Gasteiger partial charge in [-0.15, -0.1) is 0 Å². The van der Waals surface area contributed by atoms with Crippen molar-refractivity contribution in [2.75, 3.05) is 6.54 Å². The fourth-order valence-corrected chi connectivity index (χ4v) is 2.81. The van der Waals surface area contributed by atoms with Crippen LogP contribution in [0.5, 0.6) is 0 Å². The Morgan fingerprint density at radius 2 is 1.60 bits per heavy atom. The van der Waals surface area contributed by atoms with E-state index in [0.717, 1.165) is 11.0 Å². The van der Waals surface area contributed by atoms with Crippen LogP contribution < -0.4 is 5.32 Å². The molecule has 0 bridgehead atoms. The molecule has 2 aromatic rings. The van der Waals surface area contributed by atoms with Gasteiger partial charge in [-0.2, -0.15) is 0 Å². The number of rotatable bonds is 5. The van der Waals surface area contributed by atoms with E-state index in [1.165, 1.54) is 16.7 Å². The second-order valence-electron chi connectivity index (χ2n) is 5.37. The molecule has 0 aliphatic heterocycles. The van der Waals surface area contributed by atoms with Crippen molar-refractivity contribution < 1.29 is 0 Å². The SMILES string of the molecule is CCNC(c1ccc(C(C)C)cc1)c1cccc(Br)c1. The van der Waals surface area contributed by atoms with Gasteiger partial charge < -0.3 is 5.32 Å². The van der Waals surface area contributed by atoms with Gasteiger partial charge in [0, 0.05) is 4.47 Å². The van der Waals surface area contributed by atoms with Gasteiger partial charge in [-0.05, 0) is 41.3 Å². The Morgan fingerprint density at radius 1 is 0.950 bits per heavy atom. The first-order chi connectivity index (χ1) is 9.61. The van der Waals surface area contributed by atoms with Crippen LogP contribution in [0, 0.1) is 0 Å². The van der Waals surface area contributed by atoms with Crippen molar-refractivity contribution in [3.8, 4) is 0 Å². The molecule has 0 aliphatic carbocycles. The quantitative estimate of drug-likeness (QED) is 0.786. The molecule has 0 aliphatic rings. The highest BCUT2D eigenvalue weighted by Crippen LogP contribution is 2.26. The van der Waals surface area contributed by atoms with Crippen LogP contribution in [-0.4, -0.2) is 6.54 Å². The van der Waals surface area contributed by atoms with Gasteiger partial charge in [-0.25, -0.2) is 0 Å². The summed E-state index contributed by atoms with van der Waals surface area (Å²) < 4.78 is 1.12. The Balaban J connectivity index is 2.33. The van der Waals surface area contributed by atoms with Gasteiger partial charge in [0.2, 0.25) is 0 Å². The summed E-state index contributed by atoms with van der Waals surface area (Å²) in [6.07, 6.45) is 0. The molecule has 1 nitrogen and oxygen atoms in total.